The number of aromatic carboxylic acids is 1. The summed E-state index contributed by atoms with van der Waals surface area (Å²) < 4.78 is 4.96. The molecule has 110 valence electrons. The van der Waals surface area contributed by atoms with Crippen molar-refractivity contribution in [3.63, 3.8) is 0 Å². The lowest BCUT2D eigenvalue weighted by molar-refractivity contribution is 0.0697. The van der Waals surface area contributed by atoms with E-state index in [1.807, 2.05) is 30.3 Å². The maximum absolute atomic E-state index is 11.3. The van der Waals surface area contributed by atoms with Gasteiger partial charge >= 0.3 is 5.97 Å². The number of rotatable bonds is 7. The minimum absolute atomic E-state index is 0.0867. The molecule has 0 radical (unpaired) electrons. The molecule has 0 aliphatic heterocycles. The van der Waals surface area contributed by atoms with Crippen molar-refractivity contribution in [2.75, 3.05) is 25.6 Å². The molecule has 0 unspecified atom stereocenters. The van der Waals surface area contributed by atoms with Crippen LogP contribution < -0.4 is 5.32 Å². The van der Waals surface area contributed by atoms with Gasteiger partial charge in [-0.2, -0.15) is 0 Å². The van der Waals surface area contributed by atoms with Crippen molar-refractivity contribution in [2.45, 2.75) is 6.42 Å². The van der Waals surface area contributed by atoms with Crippen LogP contribution >= 0.6 is 0 Å². The van der Waals surface area contributed by atoms with Gasteiger partial charge in [0, 0.05) is 32.0 Å². The van der Waals surface area contributed by atoms with Gasteiger partial charge in [-0.25, -0.2) is 14.8 Å². The largest absolute Gasteiger partial charge is 0.478 e. The molecule has 2 aromatic rings. The number of hydrogen-bond donors (Lipinski definition) is 2. The number of aromatic nitrogens is 2. The molecule has 0 spiro atoms. The maximum Gasteiger partial charge on any atom is 0.339 e. The molecule has 0 bridgehead atoms. The Morgan fingerprint density at radius 3 is 2.76 bits per heavy atom. The summed E-state index contributed by atoms with van der Waals surface area (Å²) in [5, 5.41) is 12.3. The molecule has 21 heavy (non-hydrogen) atoms. The number of hydrogen-bond acceptors (Lipinski definition) is 5. The second-order valence-electron chi connectivity index (χ2n) is 4.40. The second kappa shape index (κ2) is 7.35. The van der Waals surface area contributed by atoms with Crippen molar-refractivity contribution in [3.05, 3.63) is 42.1 Å². The third-order valence-electron chi connectivity index (χ3n) is 2.87. The van der Waals surface area contributed by atoms with Crippen LogP contribution in [0.5, 0.6) is 0 Å². The van der Waals surface area contributed by atoms with Gasteiger partial charge in [0.25, 0.3) is 0 Å². The minimum Gasteiger partial charge on any atom is -0.478 e. The van der Waals surface area contributed by atoms with Crippen LogP contribution in [0.1, 0.15) is 16.8 Å². The van der Waals surface area contributed by atoms with Crippen LogP contribution in [0.2, 0.25) is 0 Å². The number of carboxylic acid groups (broad SMARTS) is 1. The van der Waals surface area contributed by atoms with E-state index < -0.39 is 5.97 Å². The molecule has 0 atom stereocenters. The second-order valence-corrected chi connectivity index (χ2v) is 4.40. The van der Waals surface area contributed by atoms with Gasteiger partial charge < -0.3 is 15.2 Å². The van der Waals surface area contributed by atoms with Crippen molar-refractivity contribution in [3.8, 4) is 11.3 Å². The maximum atomic E-state index is 11.3. The highest BCUT2D eigenvalue weighted by atomic mass is 16.5. The quantitative estimate of drug-likeness (QED) is 0.760. The number of carboxylic acids is 1. The smallest absolute Gasteiger partial charge is 0.339 e. The fourth-order valence-electron chi connectivity index (χ4n) is 1.86. The van der Waals surface area contributed by atoms with Crippen LogP contribution in [0.4, 0.5) is 5.95 Å². The third-order valence-corrected chi connectivity index (χ3v) is 2.87. The van der Waals surface area contributed by atoms with Gasteiger partial charge in [-0.1, -0.05) is 30.3 Å². The van der Waals surface area contributed by atoms with Gasteiger partial charge in [-0.15, -0.1) is 0 Å². The summed E-state index contributed by atoms with van der Waals surface area (Å²) in [6, 6.07) is 9.20. The Kier molecular flexibility index (Phi) is 5.22. The lowest BCUT2D eigenvalue weighted by atomic mass is 10.1. The third kappa shape index (κ3) is 4.00. The topological polar surface area (TPSA) is 84.3 Å². The van der Waals surface area contributed by atoms with Gasteiger partial charge in [0.1, 0.15) is 5.56 Å². The van der Waals surface area contributed by atoms with Crippen LogP contribution in [0.3, 0.4) is 0 Å². The SMILES string of the molecule is COCCCNc1ncc(C(=O)O)c(-c2ccccc2)n1. The van der Waals surface area contributed by atoms with Gasteiger partial charge in [0.2, 0.25) is 5.95 Å². The molecule has 1 aromatic carbocycles. The van der Waals surface area contributed by atoms with Crippen molar-refractivity contribution < 1.29 is 14.6 Å². The Bertz CT molecular complexity index is 602. The number of anilines is 1. The number of ether oxygens (including phenoxy) is 1. The number of carbonyl (C=O) groups is 1. The highest BCUT2D eigenvalue weighted by molar-refractivity contribution is 5.94. The molecule has 2 N–H and O–H groups in total. The van der Waals surface area contributed by atoms with E-state index in [0.29, 0.717) is 24.8 Å². The zero-order valence-corrected chi connectivity index (χ0v) is 11.7. The first kappa shape index (κ1) is 14.9. The number of nitrogens with zero attached hydrogens (tertiary/aromatic N) is 2. The Morgan fingerprint density at radius 1 is 1.33 bits per heavy atom. The van der Waals surface area contributed by atoms with Crippen LogP contribution in [-0.2, 0) is 4.74 Å². The van der Waals surface area contributed by atoms with E-state index >= 15 is 0 Å². The van der Waals surface area contributed by atoms with Crippen molar-refractivity contribution in [2.24, 2.45) is 0 Å². The molecule has 1 aromatic heterocycles. The minimum atomic E-state index is -1.04. The van der Waals surface area contributed by atoms with Crippen LogP contribution in [0.15, 0.2) is 36.5 Å². The van der Waals surface area contributed by atoms with E-state index in [9.17, 15) is 9.90 Å². The molecule has 0 fully saturated rings. The molecule has 0 aliphatic rings. The average molecular weight is 287 g/mol. The highest BCUT2D eigenvalue weighted by Crippen LogP contribution is 2.22. The normalized spacial score (nSPS) is 10.3. The van der Waals surface area contributed by atoms with Crippen molar-refractivity contribution >= 4 is 11.9 Å². The predicted octanol–water partition coefficient (Wildman–Crippen LogP) is 2.29. The Labute approximate surface area is 122 Å². The summed E-state index contributed by atoms with van der Waals surface area (Å²) in [4.78, 5) is 19.6. The van der Waals surface area contributed by atoms with E-state index in [1.54, 1.807) is 7.11 Å². The number of methoxy groups -OCH3 is 1. The summed E-state index contributed by atoms with van der Waals surface area (Å²) >= 11 is 0. The first-order valence-corrected chi connectivity index (χ1v) is 6.61. The van der Waals surface area contributed by atoms with E-state index in [2.05, 4.69) is 15.3 Å². The van der Waals surface area contributed by atoms with Crippen LogP contribution in [0.25, 0.3) is 11.3 Å². The molecular weight excluding hydrogens is 270 g/mol. The fourth-order valence-corrected chi connectivity index (χ4v) is 1.86. The molecule has 6 heteroatoms. The summed E-state index contributed by atoms with van der Waals surface area (Å²) in [6.45, 7) is 1.31. The zero-order chi connectivity index (χ0) is 15.1. The number of nitrogens with one attached hydrogen (secondary N) is 1. The molecule has 2 rings (SSSR count). The van der Waals surface area contributed by atoms with E-state index in [0.717, 1.165) is 12.0 Å². The fraction of sp³-hybridized carbons (Fsp3) is 0.267. The molecule has 0 saturated heterocycles. The summed E-state index contributed by atoms with van der Waals surface area (Å²) in [6.07, 6.45) is 2.15. The summed E-state index contributed by atoms with van der Waals surface area (Å²) in [5.74, 6) is -0.630. The Hall–Kier alpha value is -2.47. The van der Waals surface area contributed by atoms with Gasteiger partial charge in [-0.05, 0) is 6.42 Å². The molecule has 1 heterocycles. The zero-order valence-electron chi connectivity index (χ0n) is 11.7. The predicted molar refractivity (Wildman–Crippen MR) is 79.4 cm³/mol. The molecule has 0 aliphatic carbocycles. The van der Waals surface area contributed by atoms with E-state index in [1.165, 1.54) is 6.20 Å². The lowest BCUT2D eigenvalue weighted by Crippen LogP contribution is -2.10. The van der Waals surface area contributed by atoms with E-state index in [-0.39, 0.29) is 5.56 Å². The van der Waals surface area contributed by atoms with Gasteiger partial charge in [0.05, 0.1) is 5.69 Å². The van der Waals surface area contributed by atoms with Crippen molar-refractivity contribution in [1.29, 1.82) is 0 Å². The van der Waals surface area contributed by atoms with Gasteiger partial charge in [-0.3, -0.25) is 0 Å². The van der Waals surface area contributed by atoms with Gasteiger partial charge in [0.15, 0.2) is 0 Å². The van der Waals surface area contributed by atoms with E-state index in [4.69, 9.17) is 4.74 Å². The van der Waals surface area contributed by atoms with Crippen molar-refractivity contribution in [1.82, 2.24) is 9.97 Å². The summed E-state index contributed by atoms with van der Waals surface area (Å²) in [7, 11) is 1.64. The standard InChI is InChI=1S/C15H17N3O3/c1-21-9-5-8-16-15-17-10-12(14(19)20)13(18-15)11-6-3-2-4-7-11/h2-4,6-7,10H,5,8-9H2,1H3,(H,19,20)(H,16,17,18). The first-order valence-electron chi connectivity index (χ1n) is 6.61. The molecule has 6 nitrogen and oxygen atoms in total. The Balaban J connectivity index is 2.25. The lowest BCUT2D eigenvalue weighted by Gasteiger charge is -2.09. The number of benzene rings is 1. The summed E-state index contributed by atoms with van der Waals surface area (Å²) in [5.41, 5.74) is 1.24. The average Bonchev–Trinajstić information content (AvgIpc) is 2.52. The monoisotopic (exact) mass is 287 g/mol. The molecule has 0 saturated carbocycles. The molecule has 0 amide bonds. The highest BCUT2D eigenvalue weighted by Gasteiger charge is 2.14. The van der Waals surface area contributed by atoms with Crippen LogP contribution in [-0.4, -0.2) is 41.3 Å². The van der Waals surface area contributed by atoms with Crippen LogP contribution in [0, 0.1) is 0 Å². The Morgan fingerprint density at radius 2 is 2.10 bits per heavy atom. The molecular formula is C15H17N3O3. The first-order chi connectivity index (χ1) is 10.2.